The number of aliphatic hydroxyl groups excluding tert-OH is 1. The van der Waals surface area contributed by atoms with E-state index < -0.39 is 39.0 Å². The summed E-state index contributed by atoms with van der Waals surface area (Å²) in [5.74, 6) is -3.02. The van der Waals surface area contributed by atoms with E-state index in [0.717, 1.165) is 24.3 Å². The number of hydrogen-bond donors (Lipinski definition) is 2. The Balaban J connectivity index is 2.38. The summed E-state index contributed by atoms with van der Waals surface area (Å²) in [6, 6.07) is 5.15. The van der Waals surface area contributed by atoms with Crippen molar-refractivity contribution in [2.75, 3.05) is 4.72 Å². The third-order valence-corrected chi connectivity index (χ3v) is 4.00. The maximum atomic E-state index is 13.7. The minimum atomic E-state index is -4.34. The molecule has 0 saturated carbocycles. The summed E-state index contributed by atoms with van der Waals surface area (Å²) in [6.07, 6.45) is 0. The zero-order valence-corrected chi connectivity index (χ0v) is 11.3. The van der Waals surface area contributed by atoms with Crippen molar-refractivity contribution >= 4 is 15.7 Å². The molecule has 0 amide bonds. The van der Waals surface area contributed by atoms with E-state index in [0.29, 0.717) is 6.07 Å². The summed E-state index contributed by atoms with van der Waals surface area (Å²) in [4.78, 5) is -0.690. The number of nitrogens with one attached hydrogen (secondary N) is 1. The lowest BCUT2D eigenvalue weighted by atomic mass is 10.2. The fraction of sp³-hybridized carbons (Fsp3) is 0.0769. The lowest BCUT2D eigenvalue weighted by Crippen LogP contribution is -2.15. The first-order valence-corrected chi connectivity index (χ1v) is 7.18. The highest BCUT2D eigenvalue weighted by Crippen LogP contribution is 2.21. The molecule has 4 nitrogen and oxygen atoms in total. The van der Waals surface area contributed by atoms with Gasteiger partial charge < -0.3 is 5.11 Å². The molecule has 0 spiro atoms. The quantitative estimate of drug-likeness (QED) is 0.910. The van der Waals surface area contributed by atoms with Gasteiger partial charge in [0.2, 0.25) is 0 Å². The Morgan fingerprint density at radius 3 is 2.14 bits per heavy atom. The van der Waals surface area contributed by atoms with Crippen LogP contribution in [0.1, 0.15) is 5.56 Å². The molecule has 2 aromatic carbocycles. The predicted octanol–water partition coefficient (Wildman–Crippen LogP) is 2.40. The van der Waals surface area contributed by atoms with E-state index in [9.17, 15) is 21.6 Å². The Bertz CT molecular complexity index is 758. The molecule has 0 heterocycles. The van der Waals surface area contributed by atoms with Crippen LogP contribution in [0.2, 0.25) is 0 Å². The molecule has 8 heteroatoms. The van der Waals surface area contributed by atoms with Crippen LogP contribution in [0.25, 0.3) is 0 Å². The maximum absolute atomic E-state index is 13.7. The molecule has 0 saturated heterocycles. The van der Waals surface area contributed by atoms with E-state index in [-0.39, 0.29) is 11.3 Å². The summed E-state index contributed by atoms with van der Waals surface area (Å²) in [7, 11) is -4.34. The van der Waals surface area contributed by atoms with E-state index in [4.69, 9.17) is 5.11 Å². The predicted molar refractivity (Wildman–Crippen MR) is 69.5 cm³/mol. The molecule has 0 aliphatic rings. The first kappa shape index (κ1) is 15.3. The van der Waals surface area contributed by atoms with Crippen LogP contribution >= 0.6 is 0 Å². The Morgan fingerprint density at radius 1 is 1.00 bits per heavy atom. The molecular formula is C13H10F3NO3S. The maximum Gasteiger partial charge on any atom is 0.264 e. The van der Waals surface area contributed by atoms with Crippen LogP contribution in [0.15, 0.2) is 41.3 Å². The molecule has 0 aliphatic carbocycles. The number of aliphatic hydroxyl groups is 1. The number of benzene rings is 2. The normalized spacial score (nSPS) is 11.4. The van der Waals surface area contributed by atoms with E-state index in [2.05, 4.69) is 0 Å². The van der Waals surface area contributed by atoms with Crippen LogP contribution in [-0.2, 0) is 16.6 Å². The molecule has 0 unspecified atom stereocenters. The summed E-state index contributed by atoms with van der Waals surface area (Å²) >= 11 is 0. The zero-order chi connectivity index (χ0) is 15.6. The molecular weight excluding hydrogens is 307 g/mol. The molecule has 2 N–H and O–H groups in total. The highest BCUT2D eigenvalue weighted by Gasteiger charge is 2.20. The van der Waals surface area contributed by atoms with Crippen molar-refractivity contribution in [2.45, 2.75) is 11.5 Å². The van der Waals surface area contributed by atoms with Crippen molar-refractivity contribution in [3.05, 3.63) is 59.4 Å². The van der Waals surface area contributed by atoms with Gasteiger partial charge >= 0.3 is 0 Å². The van der Waals surface area contributed by atoms with Crippen LogP contribution in [0.3, 0.4) is 0 Å². The number of rotatable bonds is 4. The Kier molecular flexibility index (Phi) is 4.19. The highest BCUT2D eigenvalue weighted by molar-refractivity contribution is 7.92. The molecule has 0 radical (unpaired) electrons. The fourth-order valence-corrected chi connectivity index (χ4v) is 2.78. The summed E-state index contributed by atoms with van der Waals surface area (Å²) in [5, 5.41) is 8.84. The van der Waals surface area contributed by atoms with E-state index in [1.165, 1.54) is 6.07 Å². The third-order valence-electron chi connectivity index (χ3n) is 2.58. The van der Waals surface area contributed by atoms with Crippen molar-refractivity contribution in [2.24, 2.45) is 0 Å². The third kappa shape index (κ3) is 3.53. The van der Waals surface area contributed by atoms with E-state index in [1.807, 2.05) is 4.72 Å². The molecule has 0 bridgehead atoms. The summed E-state index contributed by atoms with van der Waals surface area (Å²) in [5.41, 5.74) is -0.165. The van der Waals surface area contributed by atoms with Crippen molar-refractivity contribution < 1.29 is 26.7 Å². The molecule has 2 rings (SSSR count). The Hall–Kier alpha value is -2.06. The smallest absolute Gasteiger partial charge is 0.264 e. The van der Waals surface area contributed by atoms with Gasteiger partial charge in [0, 0.05) is 6.07 Å². The number of sulfonamides is 1. The van der Waals surface area contributed by atoms with Gasteiger partial charge in [-0.05, 0) is 29.8 Å². The van der Waals surface area contributed by atoms with E-state index >= 15 is 0 Å². The Morgan fingerprint density at radius 2 is 1.62 bits per heavy atom. The van der Waals surface area contributed by atoms with Gasteiger partial charge in [-0.1, -0.05) is 6.07 Å². The Labute approximate surface area is 118 Å². The molecule has 112 valence electrons. The fourth-order valence-electron chi connectivity index (χ4n) is 1.68. The summed E-state index contributed by atoms with van der Waals surface area (Å²) < 4.78 is 65.6. The number of hydrogen-bond acceptors (Lipinski definition) is 3. The molecule has 0 fully saturated rings. The van der Waals surface area contributed by atoms with Gasteiger partial charge in [-0.15, -0.1) is 0 Å². The first-order chi connectivity index (χ1) is 9.81. The van der Waals surface area contributed by atoms with Crippen LogP contribution in [0.4, 0.5) is 18.9 Å². The van der Waals surface area contributed by atoms with Gasteiger partial charge in [-0.2, -0.15) is 0 Å². The van der Waals surface area contributed by atoms with Gasteiger partial charge in [-0.3, -0.25) is 4.72 Å². The van der Waals surface area contributed by atoms with Crippen molar-refractivity contribution in [1.82, 2.24) is 0 Å². The van der Waals surface area contributed by atoms with Gasteiger partial charge in [-0.25, -0.2) is 21.6 Å². The van der Waals surface area contributed by atoms with Gasteiger partial charge in [0.1, 0.15) is 22.3 Å². The number of anilines is 1. The lowest BCUT2D eigenvalue weighted by Gasteiger charge is -2.10. The SMILES string of the molecule is O=S(=O)(Nc1cc(F)cc(F)c1)c1ccc(CO)cc1F. The molecule has 0 aliphatic heterocycles. The molecule has 0 aromatic heterocycles. The van der Waals surface area contributed by atoms with Crippen LogP contribution in [0, 0.1) is 17.5 Å². The minimum Gasteiger partial charge on any atom is -0.392 e. The molecule has 2 aromatic rings. The van der Waals surface area contributed by atoms with Crippen LogP contribution in [-0.4, -0.2) is 13.5 Å². The van der Waals surface area contributed by atoms with Crippen molar-refractivity contribution in [3.63, 3.8) is 0 Å². The van der Waals surface area contributed by atoms with Gasteiger partial charge in [0.05, 0.1) is 12.3 Å². The minimum absolute atomic E-state index is 0.197. The van der Waals surface area contributed by atoms with E-state index in [1.54, 1.807) is 0 Å². The second kappa shape index (κ2) is 5.74. The monoisotopic (exact) mass is 317 g/mol. The average Bonchev–Trinajstić information content (AvgIpc) is 2.36. The lowest BCUT2D eigenvalue weighted by molar-refractivity contribution is 0.281. The average molecular weight is 317 g/mol. The number of halogens is 3. The summed E-state index contributed by atoms with van der Waals surface area (Å²) in [6.45, 7) is -0.445. The van der Waals surface area contributed by atoms with Crippen molar-refractivity contribution in [3.8, 4) is 0 Å². The van der Waals surface area contributed by atoms with Crippen LogP contribution < -0.4 is 4.72 Å². The van der Waals surface area contributed by atoms with Gasteiger partial charge in [0.15, 0.2) is 0 Å². The standard InChI is InChI=1S/C13H10F3NO3S/c14-9-4-10(15)6-11(5-9)17-21(19,20)13-2-1-8(7-18)3-12(13)16/h1-6,17-18H,7H2. The van der Waals surface area contributed by atoms with Gasteiger partial charge in [0.25, 0.3) is 10.0 Å². The largest absolute Gasteiger partial charge is 0.392 e. The zero-order valence-electron chi connectivity index (χ0n) is 10.5. The highest BCUT2D eigenvalue weighted by atomic mass is 32.2. The molecule has 21 heavy (non-hydrogen) atoms. The van der Waals surface area contributed by atoms with Crippen molar-refractivity contribution in [1.29, 1.82) is 0 Å². The second-order valence-corrected chi connectivity index (χ2v) is 5.84. The van der Waals surface area contributed by atoms with Crippen LogP contribution in [0.5, 0.6) is 0 Å². The molecule has 0 atom stereocenters. The first-order valence-electron chi connectivity index (χ1n) is 5.70. The second-order valence-electron chi connectivity index (χ2n) is 4.19. The topological polar surface area (TPSA) is 66.4 Å².